The van der Waals surface area contributed by atoms with Crippen LogP contribution in [0.1, 0.15) is 29.6 Å². The van der Waals surface area contributed by atoms with Crippen LogP contribution in [0.2, 0.25) is 0 Å². The number of benzene rings is 1. The first kappa shape index (κ1) is 20.7. The van der Waals surface area contributed by atoms with Gasteiger partial charge in [-0.1, -0.05) is 0 Å². The third-order valence-electron chi connectivity index (χ3n) is 5.67. The van der Waals surface area contributed by atoms with E-state index in [0.29, 0.717) is 12.4 Å². The summed E-state index contributed by atoms with van der Waals surface area (Å²) in [7, 11) is -3.68. The molecule has 0 bridgehead atoms. The Labute approximate surface area is 170 Å². The van der Waals surface area contributed by atoms with E-state index in [4.69, 9.17) is 9.15 Å². The van der Waals surface area contributed by atoms with Crippen LogP contribution in [-0.2, 0) is 15.3 Å². The van der Waals surface area contributed by atoms with Crippen LogP contribution >= 0.6 is 0 Å². The molecule has 2 fully saturated rings. The molecule has 0 N–H and O–H groups in total. The Morgan fingerprint density at radius 2 is 2.13 bits per heavy atom. The topological polar surface area (TPSA) is 89.7 Å². The van der Waals surface area contributed by atoms with E-state index in [0.717, 1.165) is 37.8 Å². The van der Waals surface area contributed by atoms with Gasteiger partial charge in [-0.05, 0) is 37.5 Å². The Bertz CT molecular complexity index is 1080. The summed E-state index contributed by atoms with van der Waals surface area (Å²) < 4.78 is 73.1. The monoisotopic (exact) mass is 444 g/mol. The van der Waals surface area contributed by atoms with Crippen LogP contribution in [0, 0.1) is 5.92 Å². The molecule has 3 atom stereocenters. The Balaban J connectivity index is 1.65. The average molecular weight is 444 g/mol. The molecule has 162 valence electrons. The molecular weight excluding hydrogens is 425 g/mol. The average Bonchev–Trinajstić information content (AvgIpc) is 3.03. The summed E-state index contributed by atoms with van der Waals surface area (Å²) in [4.78, 5) is 18.7. The summed E-state index contributed by atoms with van der Waals surface area (Å²) in [6.45, 7) is 1.48. The van der Waals surface area contributed by atoms with Crippen molar-refractivity contribution in [2.24, 2.45) is 5.92 Å². The summed E-state index contributed by atoms with van der Waals surface area (Å²) in [5.41, 5.74) is -0.619. The second-order valence-electron chi connectivity index (χ2n) is 7.81. The molecule has 7 nitrogen and oxygen atoms in total. The van der Waals surface area contributed by atoms with Crippen LogP contribution in [0.3, 0.4) is 0 Å². The number of rotatable bonds is 5. The van der Waals surface area contributed by atoms with Crippen LogP contribution in [0.15, 0.2) is 40.0 Å². The summed E-state index contributed by atoms with van der Waals surface area (Å²) in [6, 6.07) is 3.28. The molecule has 2 heterocycles. The van der Waals surface area contributed by atoms with Gasteiger partial charge in [0.15, 0.2) is 15.9 Å². The van der Waals surface area contributed by atoms with E-state index in [1.165, 1.54) is 17.4 Å². The van der Waals surface area contributed by atoms with Gasteiger partial charge in [-0.15, -0.1) is 0 Å². The van der Waals surface area contributed by atoms with Gasteiger partial charge in [0.25, 0.3) is 5.91 Å². The fourth-order valence-electron chi connectivity index (χ4n) is 3.88. The third-order valence-corrected chi connectivity index (χ3v) is 6.78. The summed E-state index contributed by atoms with van der Waals surface area (Å²) in [5.74, 6) is -0.252. The number of fused-ring (bicyclic) bond motifs is 1. The van der Waals surface area contributed by atoms with Gasteiger partial charge in [-0.2, -0.15) is 13.2 Å². The maximum atomic E-state index is 13.2. The van der Waals surface area contributed by atoms with Gasteiger partial charge >= 0.3 is 6.18 Å². The molecule has 1 unspecified atom stereocenters. The number of likely N-dealkylation sites (tertiary alicyclic amines) is 1. The van der Waals surface area contributed by atoms with Gasteiger partial charge in [0.2, 0.25) is 5.89 Å². The van der Waals surface area contributed by atoms with E-state index in [-0.39, 0.29) is 28.7 Å². The highest BCUT2D eigenvalue weighted by Crippen LogP contribution is 2.58. The number of halogens is 3. The minimum Gasteiger partial charge on any atom is -0.480 e. The fourth-order valence-corrected chi connectivity index (χ4v) is 4.52. The lowest BCUT2D eigenvalue weighted by molar-refractivity contribution is -0.189. The molecule has 4 rings (SSSR count). The standard InChI is InChI=1S/C19H19F3N2O5S/c1-11(19(20,21)22)29-15-4-3-13(30(2,26)27)7-14(15)16(25)24-9-12-8-18(12,10-24)17-23-5-6-28-17/h3-7,11-12H,8-10H2,1-2H3/t11-,12?,18+/m1/s1. The van der Waals surface area contributed by atoms with Gasteiger partial charge in [0, 0.05) is 19.3 Å². The highest BCUT2D eigenvalue weighted by Gasteiger charge is 2.64. The SMILES string of the molecule is C[C@@H](Oc1ccc(S(C)(=O)=O)cc1C(=O)N1CC2C[C@]2(c2ncco2)C1)C(F)(F)F. The molecule has 2 aliphatic rings. The number of oxazole rings is 1. The first-order chi connectivity index (χ1) is 13.9. The molecule has 2 aromatic rings. The van der Waals surface area contributed by atoms with Gasteiger partial charge in [-0.25, -0.2) is 13.4 Å². The van der Waals surface area contributed by atoms with E-state index >= 15 is 0 Å². The number of sulfone groups is 1. The Morgan fingerprint density at radius 3 is 2.73 bits per heavy atom. The van der Waals surface area contributed by atoms with Gasteiger partial charge in [0.05, 0.1) is 22.1 Å². The summed E-state index contributed by atoms with van der Waals surface area (Å²) in [6.07, 6.45) is -2.08. The number of carbonyl (C=O) groups excluding carboxylic acids is 1. The highest BCUT2D eigenvalue weighted by atomic mass is 32.2. The second kappa shape index (κ2) is 6.73. The maximum Gasteiger partial charge on any atom is 0.425 e. The van der Waals surface area contributed by atoms with E-state index in [9.17, 15) is 26.4 Å². The largest absolute Gasteiger partial charge is 0.480 e. The fraction of sp³-hybridized carbons (Fsp3) is 0.474. The molecule has 1 aliphatic heterocycles. The van der Waals surface area contributed by atoms with Crippen molar-refractivity contribution in [1.29, 1.82) is 0 Å². The number of carbonyl (C=O) groups is 1. The first-order valence-electron chi connectivity index (χ1n) is 9.18. The highest BCUT2D eigenvalue weighted by molar-refractivity contribution is 7.90. The minimum atomic E-state index is -4.64. The van der Waals surface area contributed by atoms with Gasteiger partial charge in [-0.3, -0.25) is 4.79 Å². The normalized spacial score (nSPS) is 24.4. The zero-order valence-electron chi connectivity index (χ0n) is 16.1. The Kier molecular flexibility index (Phi) is 4.64. The predicted octanol–water partition coefficient (Wildman–Crippen LogP) is 2.82. The van der Waals surface area contributed by atoms with Crippen molar-refractivity contribution in [1.82, 2.24) is 9.88 Å². The molecule has 0 radical (unpaired) electrons. The number of hydrogen-bond donors (Lipinski definition) is 0. The van der Waals surface area contributed by atoms with Crippen LogP contribution in [0.5, 0.6) is 5.75 Å². The zero-order valence-corrected chi connectivity index (χ0v) is 17.0. The first-order valence-corrected chi connectivity index (χ1v) is 11.1. The lowest BCUT2D eigenvalue weighted by Gasteiger charge is -2.24. The number of hydrogen-bond acceptors (Lipinski definition) is 6. The lowest BCUT2D eigenvalue weighted by Crippen LogP contribution is -2.35. The Hall–Kier alpha value is -2.56. The van der Waals surface area contributed by atoms with Crippen molar-refractivity contribution in [3.05, 3.63) is 42.1 Å². The number of ether oxygens (including phenoxy) is 1. The second-order valence-corrected chi connectivity index (χ2v) is 9.83. The zero-order chi connectivity index (χ0) is 21.9. The van der Waals surface area contributed by atoms with E-state index < -0.39 is 33.4 Å². The molecule has 1 aliphatic carbocycles. The van der Waals surface area contributed by atoms with Crippen molar-refractivity contribution in [2.75, 3.05) is 19.3 Å². The van der Waals surface area contributed by atoms with Crippen LogP contribution < -0.4 is 4.74 Å². The third kappa shape index (κ3) is 3.55. The molecule has 1 aromatic carbocycles. The molecule has 1 aromatic heterocycles. The number of aromatic nitrogens is 1. The van der Waals surface area contributed by atoms with Crippen molar-refractivity contribution >= 4 is 15.7 Å². The van der Waals surface area contributed by atoms with Gasteiger partial charge in [0.1, 0.15) is 12.0 Å². The number of alkyl halides is 3. The van der Waals surface area contributed by atoms with E-state index in [2.05, 4.69) is 4.98 Å². The predicted molar refractivity (Wildman–Crippen MR) is 97.9 cm³/mol. The molecule has 1 saturated carbocycles. The summed E-state index contributed by atoms with van der Waals surface area (Å²) in [5, 5.41) is 0. The van der Waals surface area contributed by atoms with Crippen molar-refractivity contribution in [2.45, 2.75) is 35.9 Å². The van der Waals surface area contributed by atoms with Crippen LogP contribution in [-0.4, -0.2) is 55.8 Å². The minimum absolute atomic E-state index is 0.136. The molecule has 11 heteroatoms. The molecule has 1 amide bonds. The van der Waals surface area contributed by atoms with Crippen molar-refractivity contribution in [3.63, 3.8) is 0 Å². The molecule has 30 heavy (non-hydrogen) atoms. The molecular formula is C19H19F3N2O5S. The van der Waals surface area contributed by atoms with Gasteiger partial charge < -0.3 is 14.1 Å². The quantitative estimate of drug-likeness (QED) is 0.705. The van der Waals surface area contributed by atoms with E-state index in [1.54, 1.807) is 0 Å². The number of amides is 1. The number of piperidine rings is 1. The van der Waals surface area contributed by atoms with Crippen molar-refractivity contribution < 1.29 is 35.5 Å². The van der Waals surface area contributed by atoms with Crippen molar-refractivity contribution in [3.8, 4) is 5.75 Å². The maximum absolute atomic E-state index is 13.2. The Morgan fingerprint density at radius 1 is 1.40 bits per heavy atom. The lowest BCUT2D eigenvalue weighted by atomic mass is 10.1. The summed E-state index contributed by atoms with van der Waals surface area (Å²) >= 11 is 0. The van der Waals surface area contributed by atoms with Crippen LogP contribution in [0.25, 0.3) is 0 Å². The van der Waals surface area contributed by atoms with E-state index in [1.807, 2.05) is 0 Å². The molecule has 0 spiro atoms. The smallest absolute Gasteiger partial charge is 0.425 e. The van der Waals surface area contributed by atoms with Crippen LogP contribution in [0.4, 0.5) is 13.2 Å². The molecule has 1 saturated heterocycles. The number of nitrogens with zero attached hydrogens (tertiary/aromatic N) is 2.